The third-order valence-corrected chi connectivity index (χ3v) is 2.52. The Kier molecular flexibility index (Phi) is 6.05. The SMILES string of the molecule is CCCNC(=O)NCCOc1cc(C)ccc1C. The molecular formula is C14H22N2O2. The van der Waals surface area contributed by atoms with Crippen molar-refractivity contribution in [1.29, 1.82) is 0 Å². The molecule has 0 atom stereocenters. The first kappa shape index (κ1) is 14.4. The lowest BCUT2D eigenvalue weighted by molar-refractivity contribution is 0.236. The van der Waals surface area contributed by atoms with E-state index in [1.165, 1.54) is 5.56 Å². The first-order valence-corrected chi connectivity index (χ1v) is 6.35. The number of hydrogen-bond acceptors (Lipinski definition) is 2. The summed E-state index contributed by atoms with van der Waals surface area (Å²) in [6.45, 7) is 7.74. The molecule has 1 aromatic rings. The van der Waals surface area contributed by atoms with Gasteiger partial charge in [0.15, 0.2) is 0 Å². The molecule has 0 bridgehead atoms. The molecule has 1 aromatic carbocycles. The average Bonchev–Trinajstić information content (AvgIpc) is 2.36. The van der Waals surface area contributed by atoms with Gasteiger partial charge in [0, 0.05) is 6.54 Å². The van der Waals surface area contributed by atoms with Gasteiger partial charge >= 0.3 is 6.03 Å². The minimum atomic E-state index is -0.138. The van der Waals surface area contributed by atoms with E-state index in [1.54, 1.807) is 0 Å². The molecule has 1 rings (SSSR count). The first-order valence-electron chi connectivity index (χ1n) is 6.35. The summed E-state index contributed by atoms with van der Waals surface area (Å²) in [6, 6.07) is 5.96. The van der Waals surface area contributed by atoms with Crippen molar-refractivity contribution in [1.82, 2.24) is 10.6 Å². The lowest BCUT2D eigenvalue weighted by Gasteiger charge is -2.11. The zero-order valence-electron chi connectivity index (χ0n) is 11.4. The second kappa shape index (κ2) is 7.58. The van der Waals surface area contributed by atoms with Crippen molar-refractivity contribution >= 4 is 6.03 Å². The molecule has 0 spiro atoms. The largest absolute Gasteiger partial charge is 0.491 e. The number of aryl methyl sites for hydroxylation is 2. The number of carbonyl (C=O) groups is 1. The lowest BCUT2D eigenvalue weighted by Crippen LogP contribution is -2.38. The Morgan fingerprint density at radius 1 is 1.22 bits per heavy atom. The van der Waals surface area contributed by atoms with Gasteiger partial charge < -0.3 is 15.4 Å². The third-order valence-electron chi connectivity index (χ3n) is 2.52. The zero-order chi connectivity index (χ0) is 13.4. The van der Waals surface area contributed by atoms with Gasteiger partial charge in [-0.25, -0.2) is 4.79 Å². The summed E-state index contributed by atoms with van der Waals surface area (Å²) >= 11 is 0. The first-order chi connectivity index (χ1) is 8.63. The number of carbonyl (C=O) groups excluding carboxylic acids is 1. The summed E-state index contributed by atoms with van der Waals surface area (Å²) in [5.41, 5.74) is 2.28. The smallest absolute Gasteiger partial charge is 0.314 e. The highest BCUT2D eigenvalue weighted by atomic mass is 16.5. The van der Waals surface area contributed by atoms with Gasteiger partial charge in [0.2, 0.25) is 0 Å². The number of benzene rings is 1. The van der Waals surface area contributed by atoms with Crippen molar-refractivity contribution in [2.45, 2.75) is 27.2 Å². The van der Waals surface area contributed by atoms with Crippen LogP contribution < -0.4 is 15.4 Å². The van der Waals surface area contributed by atoms with Crippen LogP contribution in [0.15, 0.2) is 18.2 Å². The Bertz CT molecular complexity index is 391. The van der Waals surface area contributed by atoms with Gasteiger partial charge in [-0.05, 0) is 37.5 Å². The fourth-order valence-electron chi connectivity index (χ4n) is 1.49. The van der Waals surface area contributed by atoms with E-state index in [2.05, 4.69) is 16.7 Å². The van der Waals surface area contributed by atoms with Crippen LogP contribution in [0.2, 0.25) is 0 Å². The molecule has 0 aliphatic carbocycles. The van der Waals surface area contributed by atoms with Crippen LogP contribution >= 0.6 is 0 Å². The minimum absolute atomic E-state index is 0.138. The van der Waals surface area contributed by atoms with Gasteiger partial charge in [-0.2, -0.15) is 0 Å². The van der Waals surface area contributed by atoms with E-state index in [1.807, 2.05) is 32.9 Å². The van der Waals surface area contributed by atoms with E-state index in [0.717, 1.165) is 17.7 Å². The molecule has 4 nitrogen and oxygen atoms in total. The maximum Gasteiger partial charge on any atom is 0.314 e. The van der Waals surface area contributed by atoms with E-state index < -0.39 is 0 Å². The molecule has 0 radical (unpaired) electrons. The fraction of sp³-hybridized carbons (Fsp3) is 0.500. The van der Waals surface area contributed by atoms with Crippen molar-refractivity contribution < 1.29 is 9.53 Å². The number of nitrogens with one attached hydrogen (secondary N) is 2. The number of rotatable bonds is 6. The molecule has 0 aliphatic heterocycles. The molecule has 100 valence electrons. The van der Waals surface area contributed by atoms with Crippen LogP contribution in [0.3, 0.4) is 0 Å². The Labute approximate surface area is 109 Å². The lowest BCUT2D eigenvalue weighted by atomic mass is 10.1. The fourth-order valence-corrected chi connectivity index (χ4v) is 1.49. The highest BCUT2D eigenvalue weighted by Gasteiger charge is 2.01. The zero-order valence-corrected chi connectivity index (χ0v) is 11.4. The molecule has 2 N–H and O–H groups in total. The Hall–Kier alpha value is -1.71. The van der Waals surface area contributed by atoms with E-state index in [9.17, 15) is 4.79 Å². The summed E-state index contributed by atoms with van der Waals surface area (Å²) in [7, 11) is 0. The molecule has 0 unspecified atom stereocenters. The molecule has 2 amide bonds. The summed E-state index contributed by atoms with van der Waals surface area (Å²) in [5.74, 6) is 0.880. The molecule has 4 heteroatoms. The van der Waals surface area contributed by atoms with Gasteiger partial charge in [-0.15, -0.1) is 0 Å². The number of urea groups is 1. The maximum atomic E-state index is 11.3. The van der Waals surface area contributed by atoms with E-state index in [0.29, 0.717) is 19.7 Å². The molecule has 0 heterocycles. The highest BCUT2D eigenvalue weighted by molar-refractivity contribution is 5.73. The molecule has 18 heavy (non-hydrogen) atoms. The van der Waals surface area contributed by atoms with Crippen LogP contribution in [-0.2, 0) is 0 Å². The van der Waals surface area contributed by atoms with Crippen LogP contribution in [0.1, 0.15) is 24.5 Å². The minimum Gasteiger partial charge on any atom is -0.491 e. The molecule has 0 aromatic heterocycles. The number of hydrogen-bond donors (Lipinski definition) is 2. The predicted octanol–water partition coefficient (Wildman–Crippen LogP) is 2.39. The van der Waals surface area contributed by atoms with Gasteiger partial charge in [-0.1, -0.05) is 19.1 Å². The highest BCUT2D eigenvalue weighted by Crippen LogP contribution is 2.18. The molecule has 0 saturated carbocycles. The summed E-state index contributed by atoms with van der Waals surface area (Å²) in [6.07, 6.45) is 0.937. The van der Waals surface area contributed by atoms with Crippen molar-refractivity contribution in [2.75, 3.05) is 19.7 Å². The van der Waals surface area contributed by atoms with E-state index in [-0.39, 0.29) is 6.03 Å². The van der Waals surface area contributed by atoms with E-state index in [4.69, 9.17) is 4.74 Å². The molecule has 0 fully saturated rings. The van der Waals surface area contributed by atoms with Gasteiger partial charge in [-0.3, -0.25) is 0 Å². The third kappa shape index (κ3) is 5.08. The number of ether oxygens (including phenoxy) is 1. The molecule has 0 saturated heterocycles. The second-order valence-electron chi connectivity index (χ2n) is 4.30. The predicted molar refractivity (Wildman–Crippen MR) is 73.1 cm³/mol. The van der Waals surface area contributed by atoms with E-state index >= 15 is 0 Å². The second-order valence-corrected chi connectivity index (χ2v) is 4.30. The summed E-state index contributed by atoms with van der Waals surface area (Å²) in [4.78, 5) is 11.3. The Morgan fingerprint density at radius 3 is 2.67 bits per heavy atom. The summed E-state index contributed by atoms with van der Waals surface area (Å²) in [5, 5.41) is 5.49. The van der Waals surface area contributed by atoms with Crippen molar-refractivity contribution in [3.8, 4) is 5.75 Å². The normalized spacial score (nSPS) is 9.94. The van der Waals surface area contributed by atoms with Crippen LogP contribution in [-0.4, -0.2) is 25.7 Å². The van der Waals surface area contributed by atoms with Gasteiger partial charge in [0.25, 0.3) is 0 Å². The standard InChI is InChI=1S/C14H22N2O2/c1-4-7-15-14(17)16-8-9-18-13-10-11(2)5-6-12(13)3/h5-6,10H,4,7-9H2,1-3H3,(H2,15,16,17). The summed E-state index contributed by atoms with van der Waals surface area (Å²) < 4.78 is 5.63. The molecular weight excluding hydrogens is 228 g/mol. The quantitative estimate of drug-likeness (QED) is 0.762. The van der Waals surface area contributed by atoms with Crippen LogP contribution in [0.4, 0.5) is 4.79 Å². The maximum absolute atomic E-state index is 11.3. The van der Waals surface area contributed by atoms with Crippen LogP contribution in [0, 0.1) is 13.8 Å². The van der Waals surface area contributed by atoms with Crippen molar-refractivity contribution in [2.24, 2.45) is 0 Å². The molecule has 0 aliphatic rings. The Balaban J connectivity index is 2.25. The van der Waals surface area contributed by atoms with Gasteiger partial charge in [0.05, 0.1) is 6.54 Å². The Morgan fingerprint density at radius 2 is 1.94 bits per heavy atom. The van der Waals surface area contributed by atoms with Crippen LogP contribution in [0.25, 0.3) is 0 Å². The van der Waals surface area contributed by atoms with Crippen molar-refractivity contribution in [3.63, 3.8) is 0 Å². The monoisotopic (exact) mass is 250 g/mol. The van der Waals surface area contributed by atoms with Crippen LogP contribution in [0.5, 0.6) is 5.75 Å². The average molecular weight is 250 g/mol. The number of amides is 2. The van der Waals surface area contributed by atoms with Crippen molar-refractivity contribution in [3.05, 3.63) is 29.3 Å². The van der Waals surface area contributed by atoms with Gasteiger partial charge in [0.1, 0.15) is 12.4 Å². The topological polar surface area (TPSA) is 50.4 Å².